The molecule has 2 aliphatic rings. The fourth-order valence-corrected chi connectivity index (χ4v) is 1.93. The van der Waals surface area contributed by atoms with Gasteiger partial charge in [0.1, 0.15) is 0 Å². The van der Waals surface area contributed by atoms with Crippen LogP contribution in [0.5, 0.6) is 0 Å². The maximum absolute atomic E-state index is 10.8. The molecular weight excluding hydrogens is 156 g/mol. The first-order valence-electron chi connectivity index (χ1n) is 4.32. The Hall–Kier alpha value is -0.830. The smallest absolute Gasteiger partial charge is 0.309 e. The van der Waals surface area contributed by atoms with Gasteiger partial charge >= 0.3 is 5.97 Å². The van der Waals surface area contributed by atoms with Gasteiger partial charge in [0, 0.05) is 0 Å². The van der Waals surface area contributed by atoms with Gasteiger partial charge in [0.05, 0.1) is 18.1 Å². The SMILES string of the molecule is O=C(O)C1CCC2C=CCC1O2. The fraction of sp³-hybridized carbons (Fsp3) is 0.667. The van der Waals surface area contributed by atoms with Crippen molar-refractivity contribution in [2.75, 3.05) is 0 Å². The van der Waals surface area contributed by atoms with Gasteiger partial charge < -0.3 is 9.84 Å². The molecule has 3 atom stereocenters. The zero-order valence-electron chi connectivity index (χ0n) is 6.77. The van der Waals surface area contributed by atoms with Crippen LogP contribution in [0, 0.1) is 5.92 Å². The third-order valence-electron chi connectivity index (χ3n) is 2.60. The van der Waals surface area contributed by atoms with Gasteiger partial charge in [-0.1, -0.05) is 12.2 Å². The van der Waals surface area contributed by atoms with Gasteiger partial charge in [0.2, 0.25) is 0 Å². The minimum absolute atomic E-state index is 0.0775. The summed E-state index contributed by atoms with van der Waals surface area (Å²) in [6.07, 6.45) is 6.54. The third-order valence-corrected chi connectivity index (χ3v) is 2.60. The summed E-state index contributed by atoms with van der Waals surface area (Å²) in [6.45, 7) is 0. The van der Waals surface area contributed by atoms with Crippen LogP contribution in [0.3, 0.4) is 0 Å². The molecule has 3 unspecified atom stereocenters. The van der Waals surface area contributed by atoms with Crippen LogP contribution < -0.4 is 0 Å². The van der Waals surface area contributed by atoms with Crippen LogP contribution in [-0.2, 0) is 9.53 Å². The summed E-state index contributed by atoms with van der Waals surface area (Å²) in [5.74, 6) is -1.00. The summed E-state index contributed by atoms with van der Waals surface area (Å²) in [6, 6.07) is 0. The van der Waals surface area contributed by atoms with E-state index in [2.05, 4.69) is 0 Å². The van der Waals surface area contributed by atoms with Crippen molar-refractivity contribution < 1.29 is 14.6 Å². The van der Waals surface area contributed by atoms with Crippen LogP contribution in [-0.4, -0.2) is 23.3 Å². The van der Waals surface area contributed by atoms with Crippen LogP contribution in [0.25, 0.3) is 0 Å². The predicted octanol–water partition coefficient (Wildman–Crippen LogP) is 1.19. The van der Waals surface area contributed by atoms with Crippen molar-refractivity contribution in [3.8, 4) is 0 Å². The Morgan fingerprint density at radius 3 is 3.08 bits per heavy atom. The van der Waals surface area contributed by atoms with Gasteiger partial charge in [-0.25, -0.2) is 0 Å². The van der Waals surface area contributed by atoms with Gasteiger partial charge in [-0.15, -0.1) is 0 Å². The van der Waals surface area contributed by atoms with Crippen LogP contribution in [0.2, 0.25) is 0 Å². The van der Waals surface area contributed by atoms with E-state index in [1.807, 2.05) is 12.2 Å². The number of rotatable bonds is 1. The molecule has 0 radical (unpaired) electrons. The van der Waals surface area contributed by atoms with E-state index in [1.165, 1.54) is 0 Å². The van der Waals surface area contributed by atoms with Gasteiger partial charge in [-0.05, 0) is 19.3 Å². The lowest BCUT2D eigenvalue weighted by atomic mass is 9.87. The molecule has 0 aromatic heterocycles. The number of carbonyl (C=O) groups is 1. The lowest BCUT2D eigenvalue weighted by molar-refractivity contribution is -0.155. The van der Waals surface area contributed by atoms with Crippen LogP contribution in [0.4, 0.5) is 0 Å². The van der Waals surface area contributed by atoms with Gasteiger partial charge in [-0.2, -0.15) is 0 Å². The van der Waals surface area contributed by atoms with E-state index in [0.29, 0.717) is 0 Å². The van der Waals surface area contributed by atoms with Crippen LogP contribution >= 0.6 is 0 Å². The second-order valence-corrected chi connectivity index (χ2v) is 3.40. The maximum atomic E-state index is 10.8. The number of aliphatic carboxylic acids is 1. The molecule has 2 rings (SSSR count). The average molecular weight is 168 g/mol. The molecular formula is C9H12O3. The molecule has 0 amide bonds. The van der Waals surface area contributed by atoms with Crippen molar-refractivity contribution in [2.24, 2.45) is 5.92 Å². The first kappa shape index (κ1) is 7.80. The Kier molecular flexibility index (Phi) is 1.89. The van der Waals surface area contributed by atoms with Crippen molar-refractivity contribution in [3.63, 3.8) is 0 Å². The van der Waals surface area contributed by atoms with Gasteiger partial charge in [-0.3, -0.25) is 4.79 Å². The topological polar surface area (TPSA) is 46.5 Å². The lowest BCUT2D eigenvalue weighted by Gasteiger charge is -2.35. The first-order chi connectivity index (χ1) is 5.77. The quantitative estimate of drug-likeness (QED) is 0.598. The highest BCUT2D eigenvalue weighted by Gasteiger charge is 2.35. The summed E-state index contributed by atoms with van der Waals surface area (Å²) >= 11 is 0. The Bertz CT molecular complexity index is 222. The standard InChI is InChI=1S/C9H12O3/c10-9(11)7-5-4-6-2-1-3-8(7)12-6/h1-2,6-8H,3-5H2,(H,10,11). The maximum Gasteiger partial charge on any atom is 0.309 e. The number of carboxylic acids is 1. The number of hydrogen-bond acceptors (Lipinski definition) is 2. The van der Waals surface area contributed by atoms with Crippen molar-refractivity contribution >= 4 is 5.97 Å². The van der Waals surface area contributed by atoms with E-state index in [1.54, 1.807) is 0 Å². The van der Waals surface area contributed by atoms with E-state index in [4.69, 9.17) is 9.84 Å². The highest BCUT2D eigenvalue weighted by Crippen LogP contribution is 2.31. The molecule has 3 heteroatoms. The van der Waals surface area contributed by atoms with E-state index < -0.39 is 5.97 Å². The molecule has 0 aromatic rings. The Morgan fingerprint density at radius 2 is 2.33 bits per heavy atom. The first-order valence-corrected chi connectivity index (χ1v) is 4.32. The zero-order chi connectivity index (χ0) is 8.55. The Balaban J connectivity index is 2.11. The Morgan fingerprint density at radius 1 is 1.50 bits per heavy atom. The van der Waals surface area contributed by atoms with Crippen LogP contribution in [0.1, 0.15) is 19.3 Å². The van der Waals surface area contributed by atoms with Gasteiger partial charge in [0.15, 0.2) is 0 Å². The second kappa shape index (κ2) is 2.90. The van der Waals surface area contributed by atoms with Crippen molar-refractivity contribution in [3.05, 3.63) is 12.2 Å². The van der Waals surface area contributed by atoms with Crippen molar-refractivity contribution in [1.29, 1.82) is 0 Å². The molecule has 66 valence electrons. The number of ether oxygens (including phenoxy) is 1. The number of carboxylic acid groups (broad SMARTS) is 1. The minimum Gasteiger partial charge on any atom is -0.481 e. The fourth-order valence-electron chi connectivity index (χ4n) is 1.93. The highest BCUT2D eigenvalue weighted by atomic mass is 16.5. The molecule has 3 nitrogen and oxygen atoms in total. The molecule has 0 spiro atoms. The molecule has 2 heterocycles. The third kappa shape index (κ3) is 1.25. The summed E-state index contributed by atoms with van der Waals surface area (Å²) < 4.78 is 5.53. The molecule has 2 aliphatic heterocycles. The van der Waals surface area contributed by atoms with E-state index in [-0.39, 0.29) is 18.1 Å². The molecule has 2 bridgehead atoms. The van der Waals surface area contributed by atoms with Crippen molar-refractivity contribution in [2.45, 2.75) is 31.5 Å². The molecule has 1 fully saturated rings. The molecule has 12 heavy (non-hydrogen) atoms. The summed E-state index contributed by atoms with van der Waals surface area (Å²) in [7, 11) is 0. The van der Waals surface area contributed by atoms with E-state index in [0.717, 1.165) is 19.3 Å². The summed E-state index contributed by atoms with van der Waals surface area (Å²) in [5.41, 5.74) is 0. The Labute approximate surface area is 71.0 Å². The van der Waals surface area contributed by atoms with E-state index >= 15 is 0 Å². The van der Waals surface area contributed by atoms with Crippen LogP contribution in [0.15, 0.2) is 12.2 Å². The number of fused-ring (bicyclic) bond motifs is 2. The molecule has 1 saturated heterocycles. The summed E-state index contributed by atoms with van der Waals surface area (Å²) in [5, 5.41) is 8.85. The number of hydrogen-bond donors (Lipinski definition) is 1. The average Bonchev–Trinajstić information content (AvgIpc) is 2.04. The molecule has 0 saturated carbocycles. The minimum atomic E-state index is -0.714. The molecule has 0 aliphatic carbocycles. The lowest BCUT2D eigenvalue weighted by Crippen LogP contribution is -2.40. The molecule has 1 N–H and O–H groups in total. The monoisotopic (exact) mass is 168 g/mol. The normalized spacial score (nSPS) is 39.5. The summed E-state index contributed by atoms with van der Waals surface area (Å²) in [4.78, 5) is 10.8. The van der Waals surface area contributed by atoms with E-state index in [9.17, 15) is 4.79 Å². The highest BCUT2D eigenvalue weighted by molar-refractivity contribution is 5.71. The molecule has 0 aromatic carbocycles. The predicted molar refractivity (Wildman–Crippen MR) is 42.8 cm³/mol. The second-order valence-electron chi connectivity index (χ2n) is 3.40. The van der Waals surface area contributed by atoms with Crippen molar-refractivity contribution in [1.82, 2.24) is 0 Å². The largest absolute Gasteiger partial charge is 0.481 e. The zero-order valence-corrected chi connectivity index (χ0v) is 6.77. The van der Waals surface area contributed by atoms with Gasteiger partial charge in [0.25, 0.3) is 0 Å².